The summed E-state index contributed by atoms with van der Waals surface area (Å²) in [7, 11) is 3.24. The number of ether oxygens (including phenoxy) is 2. The lowest BCUT2D eigenvalue weighted by atomic mass is 10.1. The zero-order valence-corrected chi connectivity index (χ0v) is 17.7. The minimum atomic E-state index is 0.634. The molecule has 0 unspecified atom stereocenters. The van der Waals surface area contributed by atoms with Gasteiger partial charge in [0.2, 0.25) is 0 Å². The van der Waals surface area contributed by atoms with Gasteiger partial charge >= 0.3 is 0 Å². The lowest BCUT2D eigenvalue weighted by molar-refractivity contribution is 0.356. The summed E-state index contributed by atoms with van der Waals surface area (Å²) in [6.45, 7) is 0.654. The molecule has 1 aromatic heterocycles. The third-order valence-corrected chi connectivity index (χ3v) is 5.13. The first kappa shape index (κ1) is 19.2. The summed E-state index contributed by atoms with van der Waals surface area (Å²) in [6.07, 6.45) is 0. The molecule has 3 aromatic carbocycles. The van der Waals surface area contributed by atoms with Gasteiger partial charge in [-0.1, -0.05) is 58.4 Å². The number of rotatable bonds is 6. The van der Waals surface area contributed by atoms with Crippen molar-refractivity contribution in [1.82, 2.24) is 9.97 Å². The summed E-state index contributed by atoms with van der Waals surface area (Å²) in [5.74, 6) is 2.67. The Kier molecular flexibility index (Phi) is 5.62. The van der Waals surface area contributed by atoms with Crippen molar-refractivity contribution < 1.29 is 9.47 Å². The quantitative estimate of drug-likeness (QED) is 0.409. The van der Waals surface area contributed by atoms with Crippen LogP contribution in [0.25, 0.3) is 22.3 Å². The van der Waals surface area contributed by atoms with E-state index in [-0.39, 0.29) is 0 Å². The van der Waals surface area contributed by atoms with Crippen LogP contribution in [0.3, 0.4) is 0 Å². The molecule has 1 heterocycles. The first-order valence-electron chi connectivity index (χ1n) is 9.15. The predicted octanol–water partition coefficient (Wildman–Crippen LogP) is 5.69. The normalized spacial score (nSPS) is 10.7. The molecule has 146 valence electrons. The summed E-state index contributed by atoms with van der Waals surface area (Å²) in [6, 6.07) is 22.0. The fourth-order valence-corrected chi connectivity index (χ4v) is 3.36. The topological polar surface area (TPSA) is 56.3 Å². The van der Waals surface area contributed by atoms with E-state index in [4.69, 9.17) is 19.4 Å². The Labute approximate surface area is 177 Å². The van der Waals surface area contributed by atoms with Crippen LogP contribution in [0.4, 0.5) is 5.82 Å². The fourth-order valence-electron chi connectivity index (χ4n) is 3.10. The highest BCUT2D eigenvalue weighted by Crippen LogP contribution is 2.35. The van der Waals surface area contributed by atoms with E-state index in [9.17, 15) is 0 Å². The van der Waals surface area contributed by atoms with Gasteiger partial charge in [-0.15, -0.1) is 0 Å². The van der Waals surface area contributed by atoms with Gasteiger partial charge in [0.15, 0.2) is 17.3 Å². The molecule has 4 rings (SSSR count). The van der Waals surface area contributed by atoms with Gasteiger partial charge < -0.3 is 14.8 Å². The number of nitrogens with zero attached hydrogens (tertiary/aromatic N) is 2. The first-order valence-corrected chi connectivity index (χ1v) is 9.95. The Morgan fingerprint density at radius 2 is 1.55 bits per heavy atom. The summed E-state index contributed by atoms with van der Waals surface area (Å²) < 4.78 is 11.9. The smallest absolute Gasteiger partial charge is 0.162 e. The number of aromatic nitrogens is 2. The van der Waals surface area contributed by atoms with Gasteiger partial charge in [-0.3, -0.25) is 0 Å². The van der Waals surface area contributed by atoms with Crippen molar-refractivity contribution in [3.05, 3.63) is 76.8 Å². The molecule has 0 aliphatic heterocycles. The van der Waals surface area contributed by atoms with E-state index in [0.29, 0.717) is 23.9 Å². The van der Waals surface area contributed by atoms with E-state index >= 15 is 0 Å². The molecular weight excluding hydrogens is 430 g/mol. The van der Waals surface area contributed by atoms with E-state index in [1.54, 1.807) is 14.2 Å². The molecule has 0 bridgehead atoms. The zero-order valence-electron chi connectivity index (χ0n) is 16.1. The Balaban J connectivity index is 1.83. The SMILES string of the molecule is COc1cc2nc(-c3ccc(Br)cc3)nc(NCc3ccccc3)c2cc1OC. The standard InChI is InChI=1S/C23H20BrN3O2/c1-28-20-12-18-19(13-21(20)29-2)26-22(16-8-10-17(24)11-9-16)27-23(18)25-14-15-6-4-3-5-7-15/h3-13H,14H2,1-2H3,(H,25,26,27). The van der Waals surface area contributed by atoms with E-state index in [1.165, 1.54) is 5.56 Å². The lowest BCUT2D eigenvalue weighted by Crippen LogP contribution is -2.05. The van der Waals surface area contributed by atoms with Crippen LogP contribution in [0.15, 0.2) is 71.2 Å². The van der Waals surface area contributed by atoms with Crippen LogP contribution < -0.4 is 14.8 Å². The highest BCUT2D eigenvalue weighted by Gasteiger charge is 2.14. The van der Waals surface area contributed by atoms with Gasteiger partial charge in [0, 0.05) is 28.0 Å². The zero-order chi connectivity index (χ0) is 20.2. The maximum absolute atomic E-state index is 5.48. The Bertz CT molecular complexity index is 1130. The largest absolute Gasteiger partial charge is 0.493 e. The van der Waals surface area contributed by atoms with Crippen molar-refractivity contribution in [3.63, 3.8) is 0 Å². The summed E-state index contributed by atoms with van der Waals surface area (Å²) in [4.78, 5) is 9.59. The maximum Gasteiger partial charge on any atom is 0.162 e. The van der Waals surface area contributed by atoms with E-state index < -0.39 is 0 Å². The summed E-state index contributed by atoms with van der Waals surface area (Å²) in [5.41, 5.74) is 2.89. The van der Waals surface area contributed by atoms with Crippen molar-refractivity contribution in [2.75, 3.05) is 19.5 Å². The van der Waals surface area contributed by atoms with Crippen LogP contribution in [0.2, 0.25) is 0 Å². The van der Waals surface area contributed by atoms with Crippen molar-refractivity contribution in [1.29, 1.82) is 0 Å². The van der Waals surface area contributed by atoms with Crippen molar-refractivity contribution in [3.8, 4) is 22.9 Å². The molecule has 0 radical (unpaired) electrons. The molecule has 4 aromatic rings. The molecule has 6 heteroatoms. The monoisotopic (exact) mass is 449 g/mol. The third-order valence-electron chi connectivity index (χ3n) is 4.61. The number of methoxy groups -OCH3 is 2. The van der Waals surface area contributed by atoms with Crippen molar-refractivity contribution in [2.24, 2.45) is 0 Å². The fraction of sp³-hybridized carbons (Fsp3) is 0.130. The maximum atomic E-state index is 5.48. The molecule has 0 saturated carbocycles. The van der Waals surface area contributed by atoms with E-state index in [1.807, 2.05) is 54.6 Å². The molecule has 0 spiro atoms. The minimum absolute atomic E-state index is 0.634. The van der Waals surface area contributed by atoms with Crippen LogP contribution >= 0.6 is 15.9 Å². The van der Waals surface area contributed by atoms with Crippen molar-refractivity contribution in [2.45, 2.75) is 6.54 Å². The van der Waals surface area contributed by atoms with Gasteiger partial charge in [-0.25, -0.2) is 9.97 Å². The summed E-state index contributed by atoms with van der Waals surface area (Å²) >= 11 is 3.47. The molecule has 0 amide bonds. The highest BCUT2D eigenvalue weighted by atomic mass is 79.9. The molecule has 0 fully saturated rings. The number of halogens is 1. The molecule has 29 heavy (non-hydrogen) atoms. The average molecular weight is 450 g/mol. The summed E-state index contributed by atoms with van der Waals surface area (Å²) in [5, 5.41) is 4.33. The van der Waals surface area contributed by atoms with Gasteiger partial charge in [-0.05, 0) is 23.8 Å². The van der Waals surface area contributed by atoms with Gasteiger partial charge in [-0.2, -0.15) is 0 Å². The van der Waals surface area contributed by atoms with Crippen LogP contribution in [0.5, 0.6) is 11.5 Å². The van der Waals surface area contributed by atoms with Crippen LogP contribution in [0, 0.1) is 0 Å². The van der Waals surface area contributed by atoms with E-state index in [2.05, 4.69) is 33.4 Å². The lowest BCUT2D eigenvalue weighted by Gasteiger charge is -2.14. The van der Waals surface area contributed by atoms with Gasteiger partial charge in [0.1, 0.15) is 5.82 Å². The molecule has 0 atom stereocenters. The second kappa shape index (κ2) is 8.49. The molecular formula is C23H20BrN3O2. The Hall–Kier alpha value is -3.12. The second-order valence-electron chi connectivity index (χ2n) is 6.47. The average Bonchev–Trinajstić information content (AvgIpc) is 2.77. The van der Waals surface area contributed by atoms with Crippen LogP contribution in [-0.2, 0) is 6.54 Å². The van der Waals surface area contributed by atoms with Crippen molar-refractivity contribution >= 4 is 32.7 Å². The predicted molar refractivity (Wildman–Crippen MR) is 120 cm³/mol. The highest BCUT2D eigenvalue weighted by molar-refractivity contribution is 9.10. The molecule has 5 nitrogen and oxygen atoms in total. The van der Waals surface area contributed by atoms with Gasteiger partial charge in [0.25, 0.3) is 0 Å². The van der Waals surface area contributed by atoms with E-state index in [0.717, 1.165) is 26.8 Å². The number of fused-ring (bicyclic) bond motifs is 1. The second-order valence-corrected chi connectivity index (χ2v) is 7.38. The Morgan fingerprint density at radius 3 is 2.24 bits per heavy atom. The van der Waals surface area contributed by atoms with Crippen LogP contribution in [-0.4, -0.2) is 24.2 Å². The number of anilines is 1. The number of nitrogens with one attached hydrogen (secondary N) is 1. The third kappa shape index (κ3) is 4.17. The number of benzene rings is 3. The Morgan fingerprint density at radius 1 is 0.862 bits per heavy atom. The molecule has 0 saturated heterocycles. The first-order chi connectivity index (χ1) is 14.2. The molecule has 0 aliphatic carbocycles. The molecule has 1 N–H and O–H groups in total. The number of hydrogen-bond acceptors (Lipinski definition) is 5. The van der Waals surface area contributed by atoms with Crippen LogP contribution in [0.1, 0.15) is 5.56 Å². The minimum Gasteiger partial charge on any atom is -0.493 e. The van der Waals surface area contributed by atoms with Gasteiger partial charge in [0.05, 0.1) is 19.7 Å². The molecule has 0 aliphatic rings. The number of hydrogen-bond donors (Lipinski definition) is 1.